The largest absolute Gasteiger partial charge is 0.435 e. The summed E-state index contributed by atoms with van der Waals surface area (Å²) in [6.07, 6.45) is 1.10. The highest BCUT2D eigenvalue weighted by atomic mass is 19.2. The summed E-state index contributed by atoms with van der Waals surface area (Å²) < 4.78 is 45.5. The molecule has 0 saturated carbocycles. The van der Waals surface area contributed by atoms with Gasteiger partial charge in [0.25, 0.3) is 0 Å². The number of halogens is 3. The second-order valence-electron chi connectivity index (χ2n) is 3.97. The smallest absolute Gasteiger partial charge is 0.230 e. The number of aromatic nitrogens is 2. The molecule has 0 radical (unpaired) electrons. The van der Waals surface area contributed by atoms with E-state index in [-0.39, 0.29) is 22.5 Å². The first-order chi connectivity index (χ1) is 9.66. The van der Waals surface area contributed by atoms with Crippen LogP contribution in [0.15, 0.2) is 42.7 Å². The molecule has 0 bridgehead atoms. The van der Waals surface area contributed by atoms with Gasteiger partial charge in [0.05, 0.1) is 5.39 Å². The van der Waals surface area contributed by atoms with E-state index in [1.54, 1.807) is 0 Å². The van der Waals surface area contributed by atoms with Crippen molar-refractivity contribution >= 4 is 10.9 Å². The van der Waals surface area contributed by atoms with Gasteiger partial charge in [0.2, 0.25) is 11.7 Å². The van der Waals surface area contributed by atoms with Gasteiger partial charge >= 0.3 is 0 Å². The Morgan fingerprint density at radius 3 is 2.45 bits per heavy atom. The van der Waals surface area contributed by atoms with Gasteiger partial charge in [-0.05, 0) is 24.3 Å². The van der Waals surface area contributed by atoms with Gasteiger partial charge in [-0.3, -0.25) is 0 Å². The van der Waals surface area contributed by atoms with Crippen LogP contribution in [0.4, 0.5) is 13.2 Å². The molecular weight excluding hydrogens is 269 g/mol. The Bertz CT molecular complexity index is 792. The monoisotopic (exact) mass is 276 g/mol. The number of ether oxygens (including phenoxy) is 1. The number of hydrogen-bond donors (Lipinski definition) is 0. The van der Waals surface area contributed by atoms with E-state index >= 15 is 0 Å². The predicted octanol–water partition coefficient (Wildman–Crippen LogP) is 3.84. The molecule has 3 rings (SSSR count). The lowest BCUT2D eigenvalue weighted by atomic mass is 10.2. The van der Waals surface area contributed by atoms with Gasteiger partial charge in [-0.15, -0.1) is 0 Å². The third-order valence-electron chi connectivity index (χ3n) is 2.70. The van der Waals surface area contributed by atoms with Crippen molar-refractivity contribution in [2.75, 3.05) is 0 Å². The lowest BCUT2D eigenvalue weighted by Gasteiger charge is -2.08. The number of hydrogen-bond acceptors (Lipinski definition) is 3. The molecule has 20 heavy (non-hydrogen) atoms. The molecule has 0 aliphatic heterocycles. The summed E-state index contributed by atoms with van der Waals surface area (Å²) in [5.74, 6) is -3.08. The molecule has 100 valence electrons. The molecule has 0 atom stereocenters. The molecule has 0 saturated heterocycles. The molecule has 0 unspecified atom stereocenters. The second kappa shape index (κ2) is 4.80. The van der Waals surface area contributed by atoms with Crippen LogP contribution < -0.4 is 4.74 Å². The van der Waals surface area contributed by atoms with Crippen LogP contribution in [0, 0.1) is 17.5 Å². The summed E-state index contributed by atoms with van der Waals surface area (Å²) >= 11 is 0. The van der Waals surface area contributed by atoms with Gasteiger partial charge in [0, 0.05) is 0 Å². The molecule has 3 nitrogen and oxygen atoms in total. The SMILES string of the molecule is Fc1cccc(Oc2ncnc3c(F)cccc23)c1F. The first kappa shape index (κ1) is 12.4. The normalized spacial score (nSPS) is 10.8. The van der Waals surface area contributed by atoms with Crippen LogP contribution in [-0.4, -0.2) is 9.97 Å². The average molecular weight is 276 g/mol. The first-order valence-electron chi connectivity index (χ1n) is 5.68. The topological polar surface area (TPSA) is 35.0 Å². The highest BCUT2D eigenvalue weighted by Crippen LogP contribution is 2.29. The highest BCUT2D eigenvalue weighted by Gasteiger charge is 2.13. The molecule has 0 N–H and O–H groups in total. The van der Waals surface area contributed by atoms with Crippen molar-refractivity contribution in [1.29, 1.82) is 0 Å². The van der Waals surface area contributed by atoms with Crippen LogP contribution in [0.1, 0.15) is 0 Å². The van der Waals surface area contributed by atoms with Crippen LogP contribution in [0.5, 0.6) is 11.6 Å². The number of nitrogens with zero attached hydrogens (tertiary/aromatic N) is 2. The van der Waals surface area contributed by atoms with E-state index in [0.717, 1.165) is 12.4 Å². The van der Waals surface area contributed by atoms with E-state index in [2.05, 4.69) is 9.97 Å². The fourth-order valence-corrected chi connectivity index (χ4v) is 1.78. The quantitative estimate of drug-likeness (QED) is 0.713. The van der Waals surface area contributed by atoms with Crippen LogP contribution in [0.3, 0.4) is 0 Å². The zero-order valence-electron chi connectivity index (χ0n) is 9.98. The lowest BCUT2D eigenvalue weighted by Crippen LogP contribution is -1.96. The maximum absolute atomic E-state index is 13.6. The predicted molar refractivity (Wildman–Crippen MR) is 65.9 cm³/mol. The Labute approximate surface area is 111 Å². The minimum Gasteiger partial charge on any atom is -0.435 e. The molecule has 3 aromatic rings. The number of rotatable bonds is 2. The minimum absolute atomic E-state index is 0.0426. The van der Waals surface area contributed by atoms with E-state index in [1.165, 1.54) is 30.3 Å². The second-order valence-corrected chi connectivity index (χ2v) is 3.97. The molecule has 1 heterocycles. The van der Waals surface area contributed by atoms with Crippen LogP contribution in [0.2, 0.25) is 0 Å². The van der Waals surface area contributed by atoms with Crippen molar-refractivity contribution in [3.8, 4) is 11.6 Å². The van der Waals surface area contributed by atoms with Crippen molar-refractivity contribution in [3.05, 3.63) is 60.2 Å². The summed E-state index contributed by atoms with van der Waals surface area (Å²) in [5.41, 5.74) is 0.0503. The summed E-state index contributed by atoms with van der Waals surface area (Å²) in [5, 5.41) is 0.274. The zero-order chi connectivity index (χ0) is 14.1. The maximum Gasteiger partial charge on any atom is 0.230 e. The summed E-state index contributed by atoms with van der Waals surface area (Å²) in [6.45, 7) is 0. The van der Waals surface area contributed by atoms with Crippen molar-refractivity contribution in [1.82, 2.24) is 9.97 Å². The zero-order valence-corrected chi connectivity index (χ0v) is 9.98. The minimum atomic E-state index is -1.13. The number of fused-ring (bicyclic) bond motifs is 1. The molecule has 2 aromatic carbocycles. The van der Waals surface area contributed by atoms with E-state index in [1.807, 2.05) is 0 Å². The molecule has 0 aliphatic rings. The summed E-state index contributed by atoms with van der Waals surface area (Å²) in [7, 11) is 0. The molecule has 0 fully saturated rings. The first-order valence-corrected chi connectivity index (χ1v) is 5.68. The maximum atomic E-state index is 13.6. The number of benzene rings is 2. The van der Waals surface area contributed by atoms with Gasteiger partial charge in [0.1, 0.15) is 17.7 Å². The van der Waals surface area contributed by atoms with Gasteiger partial charge in [-0.25, -0.2) is 18.7 Å². The lowest BCUT2D eigenvalue weighted by molar-refractivity contribution is 0.408. The van der Waals surface area contributed by atoms with Crippen LogP contribution in [0.25, 0.3) is 10.9 Å². The summed E-state index contributed by atoms with van der Waals surface area (Å²) in [6, 6.07) is 7.76. The van der Waals surface area contributed by atoms with Crippen LogP contribution in [-0.2, 0) is 0 Å². The molecule has 6 heteroatoms. The Morgan fingerprint density at radius 2 is 1.60 bits per heavy atom. The molecule has 1 aromatic heterocycles. The third kappa shape index (κ3) is 2.05. The average Bonchev–Trinajstić information content (AvgIpc) is 2.45. The Hall–Kier alpha value is -2.63. The Kier molecular flexibility index (Phi) is 2.98. The fraction of sp³-hybridized carbons (Fsp3) is 0. The van der Waals surface area contributed by atoms with Gasteiger partial charge in [-0.2, -0.15) is 4.39 Å². The van der Waals surface area contributed by atoms with Crippen LogP contribution >= 0.6 is 0 Å². The van der Waals surface area contributed by atoms with E-state index < -0.39 is 17.5 Å². The van der Waals surface area contributed by atoms with Gasteiger partial charge < -0.3 is 4.74 Å². The van der Waals surface area contributed by atoms with Gasteiger partial charge in [-0.1, -0.05) is 12.1 Å². The fourth-order valence-electron chi connectivity index (χ4n) is 1.78. The van der Waals surface area contributed by atoms with Gasteiger partial charge in [0.15, 0.2) is 11.6 Å². The summed E-state index contributed by atoms with van der Waals surface area (Å²) in [4.78, 5) is 7.61. The molecular formula is C14H7F3N2O. The highest BCUT2D eigenvalue weighted by molar-refractivity contribution is 5.83. The Balaban J connectivity index is 2.12. The molecule has 0 aliphatic carbocycles. The number of para-hydroxylation sites is 1. The Morgan fingerprint density at radius 1 is 0.850 bits per heavy atom. The van der Waals surface area contributed by atoms with E-state index in [0.29, 0.717) is 0 Å². The van der Waals surface area contributed by atoms with Crippen molar-refractivity contribution in [3.63, 3.8) is 0 Å². The van der Waals surface area contributed by atoms with Crippen molar-refractivity contribution in [2.45, 2.75) is 0 Å². The molecule has 0 amide bonds. The standard InChI is InChI=1S/C14H7F3N2O/c15-9-4-2-6-11(12(9)17)20-14-8-3-1-5-10(16)13(8)18-7-19-14/h1-7H. The van der Waals surface area contributed by atoms with Crippen molar-refractivity contribution < 1.29 is 17.9 Å². The van der Waals surface area contributed by atoms with E-state index in [9.17, 15) is 13.2 Å². The van der Waals surface area contributed by atoms with E-state index in [4.69, 9.17) is 4.74 Å². The third-order valence-corrected chi connectivity index (χ3v) is 2.70. The molecule has 0 spiro atoms. The van der Waals surface area contributed by atoms with Crippen molar-refractivity contribution in [2.24, 2.45) is 0 Å².